The van der Waals surface area contributed by atoms with E-state index in [1.807, 2.05) is 6.07 Å². The molecule has 0 amide bonds. The minimum absolute atomic E-state index is 0.0364. The van der Waals surface area contributed by atoms with Crippen molar-refractivity contribution < 1.29 is 31.4 Å². The minimum Gasteiger partial charge on any atom is -0.475 e. The zero-order chi connectivity index (χ0) is 39.5. The number of hydrogen-bond donors (Lipinski definition) is 1. The van der Waals surface area contributed by atoms with Crippen molar-refractivity contribution in [3.05, 3.63) is 71.1 Å². The highest BCUT2D eigenvalue weighted by Crippen LogP contribution is 2.44. The van der Waals surface area contributed by atoms with Gasteiger partial charge in [0.05, 0.1) is 33.9 Å². The van der Waals surface area contributed by atoms with E-state index in [0.717, 1.165) is 64.1 Å². The lowest BCUT2D eigenvalue weighted by molar-refractivity contribution is -0.138. The van der Waals surface area contributed by atoms with Crippen molar-refractivity contribution in [3.8, 4) is 35.5 Å². The van der Waals surface area contributed by atoms with E-state index in [1.54, 1.807) is 18.2 Å². The Balaban J connectivity index is 1.09. The standard InChI is InChI=1S/C42H41F5N8O2/c1-3-27-29(43)13-12-24-8-5-9-28(34(24)27)37-36(44)38-35-31(50-37)10-6-11-32-30(4-2)48-17-19-54(32)39(35)52-40(51-38)57-23-41-15-7-18-55(41)26(14-16-41)22-56-33-20-25(21-49-53-33)42(45,46)47/h1,5,8-9,12-13,20-21,26,30,32,48H,4,6-7,10-11,14-19,22-23H2,2H3/t26-,30-,32+,41-/m0/s1. The Kier molecular flexibility index (Phi) is 9.59. The lowest BCUT2D eigenvalue weighted by Gasteiger charge is -2.44. The number of ether oxygens (including phenoxy) is 2. The molecule has 1 N–H and O–H groups in total. The maximum atomic E-state index is 17.4. The van der Waals surface area contributed by atoms with Crippen LogP contribution in [0.25, 0.3) is 32.9 Å². The fraction of sp³-hybridized carbons (Fsp3) is 0.452. The monoisotopic (exact) mass is 784 g/mol. The van der Waals surface area contributed by atoms with Gasteiger partial charge in [-0.3, -0.25) is 4.90 Å². The fourth-order valence-corrected chi connectivity index (χ4v) is 9.68. The maximum Gasteiger partial charge on any atom is 0.418 e. The van der Waals surface area contributed by atoms with Crippen LogP contribution in [0.5, 0.6) is 11.9 Å². The third-order valence-corrected chi connectivity index (χ3v) is 12.4. The summed E-state index contributed by atoms with van der Waals surface area (Å²) in [7, 11) is 0. The van der Waals surface area contributed by atoms with E-state index < -0.39 is 28.9 Å². The van der Waals surface area contributed by atoms with Crippen molar-refractivity contribution >= 4 is 27.5 Å². The summed E-state index contributed by atoms with van der Waals surface area (Å²) in [6, 6.07) is 9.38. The van der Waals surface area contributed by atoms with Crippen LogP contribution in [0, 0.1) is 24.0 Å². The predicted octanol–water partition coefficient (Wildman–Crippen LogP) is 7.26. The number of piperazine rings is 1. The van der Waals surface area contributed by atoms with Gasteiger partial charge in [0, 0.05) is 48.2 Å². The average Bonchev–Trinajstić information content (AvgIpc) is 3.78. The van der Waals surface area contributed by atoms with Crippen LogP contribution < -0.4 is 19.7 Å². The van der Waals surface area contributed by atoms with E-state index in [9.17, 15) is 13.2 Å². The molecule has 296 valence electrons. The van der Waals surface area contributed by atoms with Gasteiger partial charge in [-0.2, -0.15) is 28.2 Å². The Morgan fingerprint density at radius 1 is 1.02 bits per heavy atom. The highest BCUT2D eigenvalue weighted by molar-refractivity contribution is 6.02. The molecule has 57 heavy (non-hydrogen) atoms. The molecule has 0 unspecified atom stereocenters. The lowest BCUT2D eigenvalue weighted by atomic mass is 9.91. The third kappa shape index (κ3) is 6.56. The summed E-state index contributed by atoms with van der Waals surface area (Å²) < 4.78 is 84.6. The third-order valence-electron chi connectivity index (χ3n) is 12.4. The quantitative estimate of drug-likeness (QED) is 0.128. The molecule has 9 rings (SSSR count). The summed E-state index contributed by atoms with van der Waals surface area (Å²) in [5.74, 6) is 1.63. The zero-order valence-electron chi connectivity index (χ0n) is 31.4. The smallest absolute Gasteiger partial charge is 0.418 e. The number of nitrogens with one attached hydrogen (secondary N) is 1. The highest BCUT2D eigenvalue weighted by Gasteiger charge is 2.50. The molecule has 3 aromatic heterocycles. The molecule has 0 spiro atoms. The average molecular weight is 785 g/mol. The van der Waals surface area contributed by atoms with Crippen LogP contribution >= 0.6 is 0 Å². The summed E-state index contributed by atoms with van der Waals surface area (Å²) in [6.45, 7) is 4.65. The first-order chi connectivity index (χ1) is 27.6. The number of nitrogens with zero attached hydrogens (tertiary/aromatic N) is 7. The molecule has 10 nitrogen and oxygen atoms in total. The molecule has 0 saturated carbocycles. The lowest BCUT2D eigenvalue weighted by Crippen LogP contribution is -2.58. The Morgan fingerprint density at radius 2 is 1.89 bits per heavy atom. The number of pyridine rings is 1. The molecule has 4 aliphatic heterocycles. The largest absolute Gasteiger partial charge is 0.475 e. The second-order valence-electron chi connectivity index (χ2n) is 15.5. The molecule has 3 fully saturated rings. The molecule has 15 heteroatoms. The Bertz CT molecular complexity index is 2410. The van der Waals surface area contributed by atoms with Gasteiger partial charge in [0.1, 0.15) is 36.1 Å². The van der Waals surface area contributed by atoms with Crippen molar-refractivity contribution in [1.82, 2.24) is 35.4 Å². The number of benzene rings is 2. The molecule has 4 atom stereocenters. The van der Waals surface area contributed by atoms with E-state index in [4.69, 9.17) is 30.8 Å². The van der Waals surface area contributed by atoms with Crippen LogP contribution in [0.1, 0.15) is 68.7 Å². The number of aryl methyl sites for hydroxylation is 1. The van der Waals surface area contributed by atoms with E-state index in [-0.39, 0.29) is 60.0 Å². The summed E-state index contributed by atoms with van der Waals surface area (Å²) in [4.78, 5) is 19.4. The summed E-state index contributed by atoms with van der Waals surface area (Å²) in [6.07, 6.45) is 8.30. The van der Waals surface area contributed by atoms with Gasteiger partial charge in [-0.1, -0.05) is 37.1 Å². The molecule has 4 aliphatic rings. The van der Waals surface area contributed by atoms with Gasteiger partial charge < -0.3 is 19.7 Å². The SMILES string of the molecule is C#Cc1c(F)ccc2cccc(-c3nc4c5c(nc(OC[C@@]67CCCN6[C@H](COc6cc(C(F)(F)F)cnn6)CC7)nc5c3F)N3CCN[C@@H](CC)[C@H]3CCC4)c12. The van der Waals surface area contributed by atoms with Gasteiger partial charge in [0.15, 0.2) is 5.82 Å². The van der Waals surface area contributed by atoms with Crippen LogP contribution in [0.2, 0.25) is 0 Å². The molecule has 3 saturated heterocycles. The Labute approximate surface area is 326 Å². The summed E-state index contributed by atoms with van der Waals surface area (Å²) in [5, 5.41) is 12.5. The van der Waals surface area contributed by atoms with Gasteiger partial charge in [-0.05, 0) is 69.4 Å². The highest BCUT2D eigenvalue weighted by atomic mass is 19.4. The first kappa shape index (κ1) is 37.4. The van der Waals surface area contributed by atoms with Gasteiger partial charge in [-0.25, -0.2) is 13.8 Å². The van der Waals surface area contributed by atoms with Crippen molar-refractivity contribution in [3.63, 3.8) is 0 Å². The number of halogens is 5. The predicted molar refractivity (Wildman–Crippen MR) is 204 cm³/mol. The second kappa shape index (κ2) is 14.6. The van der Waals surface area contributed by atoms with Crippen LogP contribution in [0.15, 0.2) is 42.6 Å². The zero-order valence-corrected chi connectivity index (χ0v) is 31.4. The molecule has 0 radical (unpaired) electrons. The van der Waals surface area contributed by atoms with Crippen LogP contribution in [-0.2, 0) is 12.6 Å². The first-order valence-corrected chi connectivity index (χ1v) is 19.6. The van der Waals surface area contributed by atoms with Gasteiger partial charge in [0.25, 0.3) is 0 Å². The molecular formula is C42H41F5N8O2. The number of fused-ring (bicyclic) bond motifs is 4. The number of hydrogen-bond acceptors (Lipinski definition) is 10. The maximum absolute atomic E-state index is 17.4. The molecule has 7 heterocycles. The van der Waals surface area contributed by atoms with E-state index in [2.05, 4.69) is 38.2 Å². The molecular weight excluding hydrogens is 744 g/mol. The topological polar surface area (TPSA) is 101 Å². The number of alkyl halides is 3. The van der Waals surface area contributed by atoms with Crippen molar-refractivity contribution in [2.75, 3.05) is 37.7 Å². The first-order valence-electron chi connectivity index (χ1n) is 19.6. The van der Waals surface area contributed by atoms with E-state index in [1.165, 1.54) is 6.07 Å². The van der Waals surface area contributed by atoms with Crippen molar-refractivity contribution in [2.24, 2.45) is 0 Å². The molecule has 0 bridgehead atoms. The van der Waals surface area contributed by atoms with Gasteiger partial charge >= 0.3 is 12.2 Å². The van der Waals surface area contributed by atoms with Crippen LogP contribution in [0.3, 0.4) is 0 Å². The molecule has 0 aliphatic carbocycles. The van der Waals surface area contributed by atoms with Gasteiger partial charge in [-0.15, -0.1) is 11.5 Å². The minimum atomic E-state index is -4.56. The number of rotatable bonds is 8. The van der Waals surface area contributed by atoms with Crippen LogP contribution in [0.4, 0.5) is 27.8 Å². The second-order valence-corrected chi connectivity index (χ2v) is 15.5. The van der Waals surface area contributed by atoms with Crippen molar-refractivity contribution in [1.29, 1.82) is 0 Å². The van der Waals surface area contributed by atoms with E-state index in [0.29, 0.717) is 52.4 Å². The Morgan fingerprint density at radius 3 is 2.72 bits per heavy atom. The van der Waals surface area contributed by atoms with Gasteiger partial charge in [0.2, 0.25) is 5.88 Å². The van der Waals surface area contributed by atoms with Crippen molar-refractivity contribution in [2.45, 2.75) is 88.1 Å². The van der Waals surface area contributed by atoms with Crippen LogP contribution in [-0.4, -0.2) is 86.6 Å². The Hall–Kier alpha value is -5.20. The normalized spacial score (nSPS) is 23.5. The van der Waals surface area contributed by atoms with E-state index >= 15 is 8.78 Å². The summed E-state index contributed by atoms with van der Waals surface area (Å²) in [5.41, 5.74) is -0.120. The fourth-order valence-electron chi connectivity index (χ4n) is 9.68. The molecule has 2 aromatic carbocycles. The summed E-state index contributed by atoms with van der Waals surface area (Å²) >= 11 is 0. The number of anilines is 1. The molecule has 5 aromatic rings. The number of terminal acetylenes is 1. The number of aromatic nitrogens is 5.